The van der Waals surface area contributed by atoms with Gasteiger partial charge in [-0.1, -0.05) is 159 Å². The summed E-state index contributed by atoms with van der Waals surface area (Å²) < 4.78 is 10.8. The van der Waals surface area contributed by atoms with Crippen molar-refractivity contribution >= 4 is 58.2 Å². The molecule has 1 aliphatic rings. The monoisotopic (exact) mass is 1110 g/mol. The van der Waals surface area contributed by atoms with Crippen LogP contribution in [0.3, 0.4) is 0 Å². The Bertz CT molecular complexity index is 2920. The van der Waals surface area contributed by atoms with Crippen molar-refractivity contribution in [2.45, 2.75) is 127 Å². The lowest BCUT2D eigenvalue weighted by Gasteiger charge is -2.26. The number of methoxy groups -OCH3 is 1. The van der Waals surface area contributed by atoms with Crippen molar-refractivity contribution in [1.82, 2.24) is 31.6 Å². The maximum atomic E-state index is 14.7. The number of aliphatic imine (C=N–C) groups is 1. The zero-order valence-corrected chi connectivity index (χ0v) is 47.0. The van der Waals surface area contributed by atoms with Crippen LogP contribution in [0.2, 0.25) is 5.02 Å². The maximum absolute atomic E-state index is 14.7. The summed E-state index contributed by atoms with van der Waals surface area (Å²) in [5, 5.41) is 16.8. The molecule has 424 valence electrons. The van der Waals surface area contributed by atoms with Crippen LogP contribution in [0.25, 0.3) is 22.0 Å². The minimum atomic E-state index is -1.03. The van der Waals surface area contributed by atoms with Gasteiger partial charge in [-0.3, -0.25) is 19.4 Å². The summed E-state index contributed by atoms with van der Waals surface area (Å²) >= 11 is 6.27. The minimum absolute atomic E-state index is 0.0349. The van der Waals surface area contributed by atoms with Crippen molar-refractivity contribution in [2.24, 2.45) is 16.6 Å². The second-order valence-electron chi connectivity index (χ2n) is 20.8. The smallest absolute Gasteiger partial charge is 0.407 e. The Morgan fingerprint density at radius 2 is 1.24 bits per heavy atom. The lowest BCUT2D eigenvalue weighted by atomic mass is 9.90. The Morgan fingerprint density at radius 3 is 1.94 bits per heavy atom. The van der Waals surface area contributed by atoms with E-state index in [1.54, 1.807) is 7.05 Å². The summed E-state index contributed by atoms with van der Waals surface area (Å²) in [6.07, 6.45) is 12.4. The van der Waals surface area contributed by atoms with Gasteiger partial charge in [0.15, 0.2) is 5.96 Å². The summed E-state index contributed by atoms with van der Waals surface area (Å²) in [6.45, 7) is 1.27. The number of nitrogens with zero attached hydrogens (tertiary/aromatic N) is 1. The highest BCUT2D eigenvalue weighted by Crippen LogP contribution is 2.44. The number of nitrogens with one attached hydrogen (secondary N) is 6. The number of guanidine groups is 1. The number of carbonyl (C=O) groups is 5. The number of rotatable bonds is 32. The van der Waals surface area contributed by atoms with E-state index >= 15 is 0 Å². The van der Waals surface area contributed by atoms with Gasteiger partial charge in [0.2, 0.25) is 17.7 Å². The van der Waals surface area contributed by atoms with Gasteiger partial charge in [0.1, 0.15) is 18.7 Å². The first-order valence-corrected chi connectivity index (χ1v) is 28.7. The number of unbranched alkanes of at least 4 members (excludes halogenated alkanes) is 7. The largest absolute Gasteiger partial charge is 0.467 e. The molecule has 80 heavy (non-hydrogen) atoms. The van der Waals surface area contributed by atoms with E-state index in [0.717, 1.165) is 79.0 Å². The van der Waals surface area contributed by atoms with Crippen LogP contribution in [0, 0.1) is 5.92 Å². The number of amides is 4. The number of halogens is 1. The number of hydrogen-bond donors (Lipinski definition) is 7. The average molecular weight is 1110 g/mol. The molecule has 0 fully saturated rings. The van der Waals surface area contributed by atoms with Crippen LogP contribution in [0.1, 0.15) is 117 Å². The van der Waals surface area contributed by atoms with Gasteiger partial charge < -0.3 is 46.8 Å². The molecule has 5 aromatic carbocycles. The van der Waals surface area contributed by atoms with Gasteiger partial charge in [0, 0.05) is 73.0 Å². The SMILES string of the molecule is CN=C(N)NCCC[C@H](NC(=O)[C@H](CC[C@H](Cc1ccc(Cl)cc1)NC(=O)CCCCCCCCCCNC(=O)OCC1c2ccccc2-c2ccccc21)Cc1ccccc1)C(=O)N[C@@H](Cc1c[nH]c2ccccc12)C(=O)OC. The lowest BCUT2D eigenvalue weighted by molar-refractivity contribution is -0.145. The molecule has 0 aliphatic heterocycles. The number of benzene rings is 5. The first-order chi connectivity index (χ1) is 39.0. The molecule has 0 saturated carbocycles. The normalized spacial score (nSPS) is 13.5. The third kappa shape index (κ3) is 18.5. The predicted octanol–water partition coefficient (Wildman–Crippen LogP) is 10.2. The fourth-order valence-corrected chi connectivity index (χ4v) is 10.8. The van der Waals surface area contributed by atoms with E-state index in [1.807, 2.05) is 109 Å². The Balaban J connectivity index is 0.882. The quantitative estimate of drug-likeness (QED) is 0.00924. The number of carbonyl (C=O) groups excluding carboxylic acids is 5. The zero-order chi connectivity index (χ0) is 56.5. The molecule has 1 heterocycles. The molecule has 0 saturated heterocycles. The van der Waals surface area contributed by atoms with Crippen molar-refractivity contribution in [1.29, 1.82) is 0 Å². The van der Waals surface area contributed by atoms with Crippen LogP contribution in [-0.4, -0.2) is 92.7 Å². The van der Waals surface area contributed by atoms with Gasteiger partial charge in [-0.05, 0) is 109 Å². The van der Waals surface area contributed by atoms with E-state index in [4.69, 9.17) is 26.8 Å². The molecule has 16 heteroatoms. The van der Waals surface area contributed by atoms with Gasteiger partial charge in [-0.2, -0.15) is 0 Å². The lowest BCUT2D eigenvalue weighted by Crippen LogP contribution is -2.53. The topological polar surface area (TPSA) is 218 Å². The Labute approximate surface area is 476 Å². The molecule has 8 N–H and O–H groups in total. The van der Waals surface area contributed by atoms with Crippen LogP contribution in [0.5, 0.6) is 0 Å². The third-order valence-electron chi connectivity index (χ3n) is 15.0. The number of alkyl carbamates (subject to hydrolysis) is 1. The summed E-state index contributed by atoms with van der Waals surface area (Å²) in [5.74, 6) is -1.77. The fraction of sp³-hybridized carbons (Fsp3) is 0.406. The van der Waals surface area contributed by atoms with Crippen molar-refractivity contribution < 1.29 is 33.4 Å². The highest BCUT2D eigenvalue weighted by atomic mass is 35.5. The van der Waals surface area contributed by atoms with Crippen molar-refractivity contribution in [2.75, 3.05) is 33.9 Å². The van der Waals surface area contributed by atoms with Gasteiger partial charge >= 0.3 is 12.1 Å². The molecule has 0 unspecified atom stereocenters. The molecule has 6 aromatic rings. The molecule has 7 rings (SSSR count). The van der Waals surface area contributed by atoms with E-state index in [0.29, 0.717) is 63.2 Å². The second kappa shape index (κ2) is 31.8. The molecule has 0 bridgehead atoms. The first kappa shape index (κ1) is 60.0. The first-order valence-electron chi connectivity index (χ1n) is 28.4. The zero-order valence-electron chi connectivity index (χ0n) is 46.3. The highest BCUT2D eigenvalue weighted by molar-refractivity contribution is 6.30. The summed E-state index contributed by atoms with van der Waals surface area (Å²) in [4.78, 5) is 75.6. The van der Waals surface area contributed by atoms with E-state index in [9.17, 15) is 24.0 Å². The number of fused-ring (bicyclic) bond motifs is 4. The molecule has 1 aliphatic carbocycles. The predicted molar refractivity (Wildman–Crippen MR) is 317 cm³/mol. The van der Waals surface area contributed by atoms with Crippen LogP contribution in [0.15, 0.2) is 139 Å². The van der Waals surface area contributed by atoms with Crippen molar-refractivity contribution in [3.63, 3.8) is 0 Å². The Hall–Kier alpha value is -7.65. The van der Waals surface area contributed by atoms with Gasteiger partial charge in [0.25, 0.3) is 0 Å². The number of aromatic amines is 1. The Kier molecular flexibility index (Phi) is 23.9. The third-order valence-corrected chi connectivity index (χ3v) is 15.3. The average Bonchev–Trinajstić information content (AvgIpc) is 4.05. The summed E-state index contributed by atoms with van der Waals surface area (Å²) in [6, 6.07) is 39.3. The number of para-hydroxylation sites is 1. The standard InChI is InChI=1S/C64H79ClN8O7/c1-67-63(66)68-38-20-29-57(61(76)73-58(62(77)79-2)41-47-42-70-56-28-18-17-23-50(47)56)72-60(75)46(39-44-21-10-9-11-22-44)33-36-49(40-45-31-34-48(65)35-32-45)71-59(74)30-12-7-5-3-4-6-8-19-37-69-64(78)80-43-55-53-26-15-13-24-51(53)52-25-14-16-27-54(52)55/h9-11,13-18,21-28,31-32,34-35,42,46,49,55,57-58,70H,3-8,12,19-20,29-30,33,36-41,43H2,1-2H3,(H,69,78)(H,71,74)(H,72,75)(H,73,76)(H3,66,67,68)/t46-,49-,57+,58+/m1/s1. The van der Waals surface area contributed by atoms with E-state index in [2.05, 4.69) is 60.8 Å². The van der Waals surface area contributed by atoms with Crippen LogP contribution in [-0.2, 0) is 47.9 Å². The van der Waals surface area contributed by atoms with E-state index in [-0.39, 0.29) is 48.7 Å². The molecular formula is C64H79ClN8O7. The fourth-order valence-electron chi connectivity index (χ4n) is 10.7. The van der Waals surface area contributed by atoms with E-state index < -0.39 is 29.9 Å². The molecule has 1 aromatic heterocycles. The second-order valence-corrected chi connectivity index (χ2v) is 21.2. The van der Waals surface area contributed by atoms with Crippen LogP contribution < -0.4 is 32.3 Å². The highest BCUT2D eigenvalue weighted by Gasteiger charge is 2.32. The summed E-state index contributed by atoms with van der Waals surface area (Å²) in [7, 11) is 2.85. The summed E-state index contributed by atoms with van der Waals surface area (Å²) in [5.41, 5.74) is 14.4. The van der Waals surface area contributed by atoms with E-state index in [1.165, 1.54) is 29.4 Å². The van der Waals surface area contributed by atoms with Crippen LogP contribution >= 0.6 is 11.6 Å². The molecule has 4 atom stereocenters. The van der Waals surface area contributed by atoms with Crippen LogP contribution in [0.4, 0.5) is 4.79 Å². The maximum Gasteiger partial charge on any atom is 0.407 e. The molecule has 15 nitrogen and oxygen atoms in total. The number of nitrogens with two attached hydrogens (primary N) is 1. The number of esters is 1. The van der Waals surface area contributed by atoms with Crippen molar-refractivity contribution in [3.8, 4) is 11.1 Å². The van der Waals surface area contributed by atoms with Gasteiger partial charge in [0.05, 0.1) is 7.11 Å². The molecule has 4 amide bonds. The number of ether oxygens (including phenoxy) is 2. The van der Waals surface area contributed by atoms with Gasteiger partial charge in [-0.25, -0.2) is 9.59 Å². The molecular weight excluding hydrogens is 1030 g/mol. The van der Waals surface area contributed by atoms with Crippen molar-refractivity contribution in [3.05, 3.63) is 166 Å². The number of H-pyrrole nitrogens is 1. The Morgan fingerprint density at radius 1 is 0.625 bits per heavy atom. The number of aromatic nitrogens is 1. The number of hydrogen-bond acceptors (Lipinski definition) is 8. The minimum Gasteiger partial charge on any atom is -0.467 e. The molecule has 0 radical (unpaired) electrons. The van der Waals surface area contributed by atoms with Gasteiger partial charge in [-0.15, -0.1) is 0 Å². The molecule has 0 spiro atoms.